The first kappa shape index (κ1) is 22.2. The largest absolute Gasteiger partial charge is 0.351 e. The monoisotopic (exact) mass is 447 g/mol. The number of carbonyl (C=O) groups is 2. The van der Waals surface area contributed by atoms with Gasteiger partial charge in [-0.2, -0.15) is 0 Å². The molecule has 1 atom stereocenters. The smallest absolute Gasteiger partial charge is 0.248 e. The fourth-order valence-corrected chi connectivity index (χ4v) is 5.08. The standard InChI is InChI=1S/C26H29N3O2S/c1-19-8-5-6-12-23(19)29(24(30)18-22-11-7-17-32-22)25(20-13-15-27-16-14-20)26(31)28-21-9-3-2-4-10-21/h5-8,11-17,21,25H,2-4,9-10,18H2,1H3,(H,28,31)/t25-/m1/s1. The Hall–Kier alpha value is -2.99. The summed E-state index contributed by atoms with van der Waals surface area (Å²) >= 11 is 1.55. The van der Waals surface area contributed by atoms with E-state index in [0.717, 1.165) is 47.4 Å². The van der Waals surface area contributed by atoms with Crippen LogP contribution in [0.2, 0.25) is 0 Å². The lowest BCUT2D eigenvalue weighted by Gasteiger charge is -2.34. The Balaban J connectivity index is 1.74. The van der Waals surface area contributed by atoms with Gasteiger partial charge in [0.05, 0.1) is 6.42 Å². The fourth-order valence-electron chi connectivity index (χ4n) is 4.39. The van der Waals surface area contributed by atoms with E-state index in [1.54, 1.807) is 28.6 Å². The molecule has 0 radical (unpaired) electrons. The van der Waals surface area contributed by atoms with Crippen LogP contribution in [0, 0.1) is 6.92 Å². The Morgan fingerprint density at radius 2 is 1.81 bits per heavy atom. The van der Waals surface area contributed by atoms with Crippen LogP contribution in [-0.4, -0.2) is 22.8 Å². The molecule has 5 nitrogen and oxygen atoms in total. The third kappa shape index (κ3) is 5.25. The number of amides is 2. The summed E-state index contributed by atoms with van der Waals surface area (Å²) in [5, 5.41) is 5.22. The summed E-state index contributed by atoms with van der Waals surface area (Å²) in [7, 11) is 0. The number of carbonyl (C=O) groups excluding carboxylic acids is 2. The molecule has 0 bridgehead atoms. The molecule has 0 spiro atoms. The number of benzene rings is 1. The van der Waals surface area contributed by atoms with Gasteiger partial charge in [0.25, 0.3) is 0 Å². The number of anilines is 1. The summed E-state index contributed by atoms with van der Waals surface area (Å²) < 4.78 is 0. The van der Waals surface area contributed by atoms with Crippen molar-refractivity contribution >= 4 is 28.8 Å². The van der Waals surface area contributed by atoms with Crippen LogP contribution < -0.4 is 10.2 Å². The van der Waals surface area contributed by atoms with Crippen molar-refractivity contribution in [1.29, 1.82) is 0 Å². The normalized spacial score (nSPS) is 15.2. The van der Waals surface area contributed by atoms with E-state index in [-0.39, 0.29) is 24.3 Å². The molecule has 2 heterocycles. The van der Waals surface area contributed by atoms with Crippen molar-refractivity contribution in [3.63, 3.8) is 0 Å². The SMILES string of the molecule is Cc1ccccc1N(C(=O)Cc1cccs1)[C@@H](C(=O)NC1CCCCC1)c1ccncc1. The van der Waals surface area contributed by atoms with Crippen LogP contribution in [0.4, 0.5) is 5.69 Å². The lowest BCUT2D eigenvalue weighted by molar-refractivity contribution is -0.127. The Kier molecular flexibility index (Phi) is 7.32. The highest BCUT2D eigenvalue weighted by Crippen LogP contribution is 2.32. The zero-order valence-corrected chi connectivity index (χ0v) is 19.2. The van der Waals surface area contributed by atoms with E-state index in [0.29, 0.717) is 0 Å². The lowest BCUT2D eigenvalue weighted by Crippen LogP contribution is -2.48. The van der Waals surface area contributed by atoms with Gasteiger partial charge in [0.1, 0.15) is 6.04 Å². The van der Waals surface area contributed by atoms with Gasteiger partial charge >= 0.3 is 0 Å². The molecule has 2 amide bonds. The lowest BCUT2D eigenvalue weighted by atomic mass is 9.94. The maximum atomic E-state index is 13.7. The summed E-state index contributed by atoms with van der Waals surface area (Å²) in [6.07, 6.45) is 9.06. The molecule has 32 heavy (non-hydrogen) atoms. The molecule has 0 aliphatic heterocycles. The van der Waals surface area contributed by atoms with E-state index in [2.05, 4.69) is 10.3 Å². The molecule has 166 valence electrons. The molecule has 1 N–H and O–H groups in total. The van der Waals surface area contributed by atoms with Crippen LogP contribution in [-0.2, 0) is 16.0 Å². The maximum absolute atomic E-state index is 13.7. The van der Waals surface area contributed by atoms with Gasteiger partial charge < -0.3 is 5.32 Å². The summed E-state index contributed by atoms with van der Waals surface area (Å²) in [4.78, 5) is 34.2. The molecule has 1 aliphatic carbocycles. The summed E-state index contributed by atoms with van der Waals surface area (Å²) in [6.45, 7) is 1.98. The molecule has 0 unspecified atom stereocenters. The van der Waals surface area contributed by atoms with Gasteiger partial charge in [-0.25, -0.2) is 0 Å². The van der Waals surface area contributed by atoms with Crippen molar-refractivity contribution in [2.75, 3.05) is 4.90 Å². The zero-order valence-electron chi connectivity index (χ0n) is 18.4. The Morgan fingerprint density at radius 3 is 2.50 bits per heavy atom. The number of hydrogen-bond donors (Lipinski definition) is 1. The highest BCUT2D eigenvalue weighted by atomic mass is 32.1. The number of para-hydroxylation sites is 1. The Labute approximate surface area is 193 Å². The molecular weight excluding hydrogens is 418 g/mol. The number of hydrogen-bond acceptors (Lipinski definition) is 4. The van der Waals surface area contributed by atoms with Crippen molar-refractivity contribution in [2.24, 2.45) is 0 Å². The first-order chi connectivity index (χ1) is 15.6. The van der Waals surface area contributed by atoms with Gasteiger partial charge in [0.15, 0.2) is 0 Å². The first-order valence-corrected chi connectivity index (χ1v) is 12.1. The van der Waals surface area contributed by atoms with Gasteiger partial charge in [-0.15, -0.1) is 11.3 Å². The fraction of sp³-hybridized carbons (Fsp3) is 0.346. The molecule has 6 heteroatoms. The third-order valence-corrected chi connectivity index (χ3v) is 6.91. The van der Waals surface area contributed by atoms with Crippen LogP contribution in [0.1, 0.15) is 54.1 Å². The summed E-state index contributed by atoms with van der Waals surface area (Å²) in [6, 6.07) is 14.7. The topological polar surface area (TPSA) is 62.3 Å². The molecule has 3 aromatic rings. The number of thiophene rings is 1. The predicted molar refractivity (Wildman–Crippen MR) is 129 cm³/mol. The van der Waals surface area contributed by atoms with Gasteiger partial charge in [-0.1, -0.05) is 43.5 Å². The third-order valence-electron chi connectivity index (χ3n) is 6.03. The molecule has 0 saturated heterocycles. The number of aryl methyl sites for hydroxylation is 1. The minimum absolute atomic E-state index is 0.0950. The zero-order chi connectivity index (χ0) is 22.3. The van der Waals surface area contributed by atoms with Crippen molar-refractivity contribution < 1.29 is 9.59 Å². The van der Waals surface area contributed by atoms with Crippen molar-refractivity contribution in [1.82, 2.24) is 10.3 Å². The summed E-state index contributed by atoms with van der Waals surface area (Å²) in [5.41, 5.74) is 2.47. The van der Waals surface area contributed by atoms with Crippen LogP contribution in [0.5, 0.6) is 0 Å². The average Bonchev–Trinajstić information content (AvgIpc) is 3.32. The van der Waals surface area contributed by atoms with E-state index in [1.807, 2.05) is 60.8 Å². The molecule has 1 aromatic carbocycles. The minimum atomic E-state index is -0.756. The van der Waals surface area contributed by atoms with E-state index in [9.17, 15) is 9.59 Å². The number of pyridine rings is 1. The van der Waals surface area contributed by atoms with Gasteiger partial charge in [0, 0.05) is 29.0 Å². The van der Waals surface area contributed by atoms with E-state index in [4.69, 9.17) is 0 Å². The molecule has 1 saturated carbocycles. The van der Waals surface area contributed by atoms with Gasteiger partial charge in [-0.05, 0) is 60.5 Å². The Bertz CT molecular complexity index is 1030. The van der Waals surface area contributed by atoms with Gasteiger partial charge in [0.2, 0.25) is 11.8 Å². The second kappa shape index (κ2) is 10.6. The number of rotatable bonds is 7. The van der Waals surface area contributed by atoms with E-state index >= 15 is 0 Å². The summed E-state index contributed by atoms with van der Waals surface area (Å²) in [5.74, 6) is -0.228. The average molecular weight is 448 g/mol. The second-order valence-corrected chi connectivity index (χ2v) is 9.37. The number of aromatic nitrogens is 1. The van der Waals surface area contributed by atoms with Crippen LogP contribution in [0.25, 0.3) is 0 Å². The highest BCUT2D eigenvalue weighted by Gasteiger charge is 2.34. The van der Waals surface area contributed by atoms with Gasteiger partial charge in [-0.3, -0.25) is 19.5 Å². The van der Waals surface area contributed by atoms with Crippen molar-refractivity contribution in [2.45, 2.75) is 57.5 Å². The number of nitrogens with one attached hydrogen (secondary N) is 1. The second-order valence-electron chi connectivity index (χ2n) is 8.33. The van der Waals surface area contributed by atoms with Crippen molar-refractivity contribution in [3.05, 3.63) is 82.3 Å². The van der Waals surface area contributed by atoms with Crippen LogP contribution in [0.3, 0.4) is 0 Å². The molecule has 1 fully saturated rings. The van der Waals surface area contributed by atoms with E-state index < -0.39 is 6.04 Å². The maximum Gasteiger partial charge on any atom is 0.248 e. The van der Waals surface area contributed by atoms with Crippen LogP contribution >= 0.6 is 11.3 Å². The minimum Gasteiger partial charge on any atom is -0.351 e. The number of nitrogens with zero attached hydrogens (tertiary/aromatic N) is 2. The molecule has 2 aromatic heterocycles. The molecule has 1 aliphatic rings. The quantitative estimate of drug-likeness (QED) is 0.540. The van der Waals surface area contributed by atoms with Crippen LogP contribution in [0.15, 0.2) is 66.3 Å². The predicted octanol–water partition coefficient (Wildman–Crippen LogP) is 5.22. The molecular formula is C26H29N3O2S. The Morgan fingerprint density at radius 1 is 1.06 bits per heavy atom. The van der Waals surface area contributed by atoms with Crippen molar-refractivity contribution in [3.8, 4) is 0 Å². The highest BCUT2D eigenvalue weighted by molar-refractivity contribution is 7.10. The molecule has 4 rings (SSSR count). The first-order valence-electron chi connectivity index (χ1n) is 11.2. The van der Waals surface area contributed by atoms with E-state index in [1.165, 1.54) is 6.42 Å².